The zero-order valence-electron chi connectivity index (χ0n) is 30.7. The molecule has 3 amide bonds. The van der Waals surface area contributed by atoms with Crippen molar-refractivity contribution in [3.8, 4) is 5.75 Å². The first-order valence-corrected chi connectivity index (χ1v) is 19.9. The van der Waals surface area contributed by atoms with Gasteiger partial charge in [0.05, 0.1) is 33.9 Å². The number of ether oxygens (including phenoxy) is 1. The van der Waals surface area contributed by atoms with Crippen LogP contribution in [0.4, 0.5) is 0 Å². The van der Waals surface area contributed by atoms with Gasteiger partial charge in [0.2, 0.25) is 17.7 Å². The van der Waals surface area contributed by atoms with Gasteiger partial charge in [0, 0.05) is 37.2 Å². The van der Waals surface area contributed by atoms with Crippen LogP contribution in [0.3, 0.4) is 0 Å². The first kappa shape index (κ1) is 39.3. The van der Waals surface area contributed by atoms with Gasteiger partial charge in [0.1, 0.15) is 11.8 Å². The summed E-state index contributed by atoms with van der Waals surface area (Å²) in [5.74, 6) is -0.157. The van der Waals surface area contributed by atoms with Gasteiger partial charge in [-0.1, -0.05) is 50.5 Å². The summed E-state index contributed by atoms with van der Waals surface area (Å²) in [5, 5.41) is 9.89. The minimum absolute atomic E-state index is 0.00638. The van der Waals surface area contributed by atoms with Crippen LogP contribution in [0.25, 0.3) is 10.2 Å². The predicted octanol–water partition coefficient (Wildman–Crippen LogP) is 5.03. The van der Waals surface area contributed by atoms with Crippen LogP contribution in [0.2, 0.25) is 0 Å². The Hall–Kier alpha value is -3.87. The third-order valence-electron chi connectivity index (χ3n) is 10.6. The topological polar surface area (TPSA) is 179 Å². The number of amides is 3. The fraction of sp³-hybridized carbons (Fsp3) is 0.575. The molecule has 282 valence electrons. The normalized spacial score (nSPS) is 20.2. The molecule has 1 aliphatic heterocycles. The molecular formula is C40H56N6O5S. The number of hydrogen-bond donors (Lipinski definition) is 5. The molecule has 7 N–H and O–H groups in total. The number of aryl methyl sites for hydroxylation is 1. The molecular weight excluding hydrogens is 677 g/mol. The maximum atomic E-state index is 14.4. The molecule has 1 aromatic heterocycles. The second-order valence-corrected chi connectivity index (χ2v) is 15.7. The van der Waals surface area contributed by atoms with E-state index in [1.165, 1.54) is 11.3 Å². The predicted molar refractivity (Wildman–Crippen MR) is 205 cm³/mol. The van der Waals surface area contributed by atoms with Crippen LogP contribution in [0.1, 0.15) is 99.7 Å². The second-order valence-electron chi connectivity index (χ2n) is 14.6. The maximum absolute atomic E-state index is 14.4. The summed E-state index contributed by atoms with van der Waals surface area (Å²) < 4.78 is 6.82. The van der Waals surface area contributed by atoms with E-state index in [0.717, 1.165) is 64.2 Å². The Morgan fingerprint density at radius 1 is 0.942 bits per heavy atom. The minimum Gasteiger partial charge on any atom is -0.493 e. The number of thiazole rings is 1. The van der Waals surface area contributed by atoms with E-state index < -0.39 is 23.9 Å². The minimum atomic E-state index is -0.908. The Bertz CT molecular complexity index is 1670. The van der Waals surface area contributed by atoms with E-state index >= 15 is 0 Å². The van der Waals surface area contributed by atoms with Crippen LogP contribution < -0.4 is 32.2 Å². The molecule has 2 aromatic carbocycles. The van der Waals surface area contributed by atoms with Gasteiger partial charge in [0.25, 0.3) is 0 Å². The summed E-state index contributed by atoms with van der Waals surface area (Å²) in [6, 6.07) is 11.8. The van der Waals surface area contributed by atoms with E-state index in [9.17, 15) is 19.2 Å². The fourth-order valence-electron chi connectivity index (χ4n) is 7.45. The lowest BCUT2D eigenvalue weighted by atomic mass is 9.78. The van der Waals surface area contributed by atoms with Crippen molar-refractivity contribution >= 4 is 45.1 Å². The van der Waals surface area contributed by atoms with Crippen molar-refractivity contribution < 1.29 is 23.9 Å². The number of unbranched alkanes of at least 4 members (excludes halogenated alkanes) is 1. The smallest absolute Gasteiger partial charge is 0.243 e. The fourth-order valence-corrected chi connectivity index (χ4v) is 8.57. The molecule has 1 saturated carbocycles. The number of Topliss-reactive ketones (excluding diaryl/α,β-unsaturated/α-hetero) is 1. The van der Waals surface area contributed by atoms with E-state index in [1.807, 2.05) is 43.3 Å². The summed E-state index contributed by atoms with van der Waals surface area (Å²) in [5.41, 5.74) is 14.7. The van der Waals surface area contributed by atoms with Crippen molar-refractivity contribution in [2.75, 3.05) is 19.7 Å². The van der Waals surface area contributed by atoms with E-state index in [0.29, 0.717) is 51.3 Å². The molecule has 0 saturated heterocycles. The molecule has 2 heterocycles. The lowest BCUT2D eigenvalue weighted by Crippen LogP contribution is -2.53. The van der Waals surface area contributed by atoms with E-state index in [1.54, 1.807) is 6.92 Å². The molecule has 11 nitrogen and oxygen atoms in total. The third-order valence-corrected chi connectivity index (χ3v) is 11.7. The van der Waals surface area contributed by atoms with Crippen molar-refractivity contribution in [2.24, 2.45) is 29.2 Å². The summed E-state index contributed by atoms with van der Waals surface area (Å²) in [7, 11) is 0. The van der Waals surface area contributed by atoms with Gasteiger partial charge in [-0.15, -0.1) is 11.3 Å². The van der Waals surface area contributed by atoms with Gasteiger partial charge in [-0.05, 0) is 87.7 Å². The summed E-state index contributed by atoms with van der Waals surface area (Å²) in [6.45, 7) is 5.40. The highest BCUT2D eigenvalue weighted by Gasteiger charge is 2.34. The zero-order chi connectivity index (χ0) is 37.0. The van der Waals surface area contributed by atoms with Crippen LogP contribution >= 0.6 is 11.3 Å². The monoisotopic (exact) mass is 732 g/mol. The quantitative estimate of drug-likeness (QED) is 0.113. The van der Waals surface area contributed by atoms with Gasteiger partial charge in [-0.3, -0.25) is 19.2 Å². The summed E-state index contributed by atoms with van der Waals surface area (Å²) in [6.07, 6.45) is 7.29. The van der Waals surface area contributed by atoms with Gasteiger partial charge in [-0.2, -0.15) is 0 Å². The standard InChI is InChI=1S/C40H56N6O5S/c1-3-37(48)43-33(23-38-44-31-16-11-25(2)20-36(31)52-38)40(50)46-32(21-26-12-14-27(24-42)15-13-26)34(47)22-28(8-6-7-18-41)39(49)45-30-17-19-51-35-10-5-4-9-29(30)35/h4-5,9-11,16,20,26-28,30,32-33H,3,6-8,12-15,17-19,21-24,41-42H2,1-2H3,(H,43,48)(H,45,49)(H,46,50)/t26?,27?,28-,30-,32+,33+/m1/s1. The third kappa shape index (κ3) is 10.8. The molecule has 5 rings (SSSR count). The number of aromatic nitrogens is 1. The summed E-state index contributed by atoms with van der Waals surface area (Å²) in [4.78, 5) is 59.8. The second kappa shape index (κ2) is 19.3. The number of ketones is 1. The molecule has 3 aromatic rings. The molecule has 0 radical (unpaired) electrons. The van der Waals surface area contributed by atoms with Gasteiger partial charge in [0.15, 0.2) is 5.78 Å². The lowest BCUT2D eigenvalue weighted by molar-refractivity contribution is -0.134. The Morgan fingerprint density at radius 3 is 2.46 bits per heavy atom. The molecule has 0 spiro atoms. The van der Waals surface area contributed by atoms with Crippen LogP contribution in [0, 0.1) is 24.7 Å². The number of hydrogen-bond acceptors (Lipinski definition) is 9. The number of para-hydroxylation sites is 1. The molecule has 0 unspecified atom stereocenters. The Kier molecular flexibility index (Phi) is 14.6. The van der Waals surface area contributed by atoms with Crippen molar-refractivity contribution in [1.29, 1.82) is 0 Å². The van der Waals surface area contributed by atoms with Gasteiger partial charge in [-0.25, -0.2) is 4.98 Å². The van der Waals surface area contributed by atoms with Crippen LogP contribution in [0.5, 0.6) is 5.75 Å². The van der Waals surface area contributed by atoms with Crippen molar-refractivity contribution in [3.05, 3.63) is 58.6 Å². The van der Waals surface area contributed by atoms with E-state index in [2.05, 4.69) is 22.0 Å². The first-order valence-electron chi connectivity index (χ1n) is 19.1. The van der Waals surface area contributed by atoms with Crippen molar-refractivity contribution in [3.63, 3.8) is 0 Å². The average molecular weight is 733 g/mol. The number of carbonyl (C=O) groups is 4. The Morgan fingerprint density at radius 2 is 1.71 bits per heavy atom. The van der Waals surface area contributed by atoms with Crippen LogP contribution in [-0.2, 0) is 25.6 Å². The highest BCUT2D eigenvalue weighted by molar-refractivity contribution is 7.18. The molecule has 1 fully saturated rings. The van der Waals surface area contributed by atoms with Gasteiger partial charge >= 0.3 is 0 Å². The van der Waals surface area contributed by atoms with Gasteiger partial charge < -0.3 is 32.2 Å². The Labute approximate surface area is 311 Å². The van der Waals surface area contributed by atoms with E-state index in [4.69, 9.17) is 21.2 Å². The number of fused-ring (bicyclic) bond motifs is 2. The number of benzene rings is 2. The maximum Gasteiger partial charge on any atom is 0.243 e. The highest BCUT2D eigenvalue weighted by Crippen LogP contribution is 2.34. The number of nitrogens with zero attached hydrogens (tertiary/aromatic N) is 1. The number of nitrogens with one attached hydrogen (secondary N) is 3. The number of rotatable bonds is 18. The number of carbonyl (C=O) groups excluding carboxylic acids is 4. The largest absolute Gasteiger partial charge is 0.493 e. The highest BCUT2D eigenvalue weighted by atomic mass is 32.1. The average Bonchev–Trinajstić information content (AvgIpc) is 3.55. The van der Waals surface area contributed by atoms with Crippen LogP contribution in [0.15, 0.2) is 42.5 Å². The molecule has 0 bridgehead atoms. The molecule has 1 aliphatic carbocycles. The molecule has 12 heteroatoms. The number of nitrogens with two attached hydrogens (primary N) is 2. The first-order chi connectivity index (χ1) is 25.2. The lowest BCUT2D eigenvalue weighted by Gasteiger charge is -2.32. The van der Waals surface area contributed by atoms with Crippen molar-refractivity contribution in [2.45, 2.75) is 109 Å². The molecule has 2 aliphatic rings. The Balaban J connectivity index is 1.35. The van der Waals surface area contributed by atoms with Crippen molar-refractivity contribution in [1.82, 2.24) is 20.9 Å². The van der Waals surface area contributed by atoms with E-state index in [-0.39, 0.29) is 48.8 Å². The zero-order valence-corrected chi connectivity index (χ0v) is 31.5. The molecule has 52 heavy (non-hydrogen) atoms. The SMILES string of the molecule is CCC(=O)N[C@@H](Cc1nc2ccc(C)cc2s1)C(=O)N[C@@H](CC1CCC(CN)CC1)C(=O)C[C@@H](CCCCN)C(=O)N[C@@H]1CCOc2ccccc21. The van der Waals surface area contributed by atoms with Crippen LogP contribution in [-0.4, -0.2) is 60.3 Å². The molecule has 4 atom stereocenters. The summed E-state index contributed by atoms with van der Waals surface area (Å²) >= 11 is 1.50.